The van der Waals surface area contributed by atoms with E-state index in [1.54, 1.807) is 45.0 Å². The fourth-order valence-electron chi connectivity index (χ4n) is 2.98. The predicted octanol–water partition coefficient (Wildman–Crippen LogP) is 4.17. The summed E-state index contributed by atoms with van der Waals surface area (Å²) in [7, 11) is 2.65. The average Bonchev–Trinajstić information content (AvgIpc) is 2.65. The largest absolute Gasteiger partial charge is 0.497 e. The van der Waals surface area contributed by atoms with Crippen LogP contribution in [0.2, 0.25) is 0 Å². The van der Waals surface area contributed by atoms with E-state index >= 15 is 0 Å². The number of hydrogen-bond donors (Lipinski definition) is 1. The SMILES string of the molecule is COC(=O)[C@H](NC(=O)OC(C)(C)C)[C@@H](c1ccc(OC)cc1)c1cc(F)cc(F)c1. The van der Waals surface area contributed by atoms with Gasteiger partial charge in [-0.25, -0.2) is 18.4 Å². The zero-order chi connectivity index (χ0) is 22.5. The number of carbonyl (C=O) groups excluding carboxylic acids is 2. The number of halogens is 2. The van der Waals surface area contributed by atoms with Crippen molar-refractivity contribution in [2.75, 3.05) is 14.2 Å². The molecule has 0 bridgehead atoms. The second-order valence-electron chi connectivity index (χ2n) is 7.60. The molecule has 6 nitrogen and oxygen atoms in total. The van der Waals surface area contributed by atoms with Gasteiger partial charge in [-0.3, -0.25) is 0 Å². The summed E-state index contributed by atoms with van der Waals surface area (Å²) in [6.07, 6.45) is -0.867. The van der Waals surface area contributed by atoms with Crippen molar-refractivity contribution in [3.63, 3.8) is 0 Å². The van der Waals surface area contributed by atoms with Crippen LogP contribution in [0.5, 0.6) is 5.75 Å². The van der Waals surface area contributed by atoms with Crippen LogP contribution in [0, 0.1) is 11.6 Å². The Morgan fingerprint density at radius 2 is 1.50 bits per heavy atom. The average molecular weight is 421 g/mol. The number of carbonyl (C=O) groups is 2. The number of benzene rings is 2. The molecule has 0 unspecified atom stereocenters. The summed E-state index contributed by atoms with van der Waals surface area (Å²) < 4.78 is 43.2. The maximum atomic E-state index is 14.0. The van der Waals surface area contributed by atoms with Gasteiger partial charge in [-0.2, -0.15) is 0 Å². The Kier molecular flexibility index (Phi) is 7.37. The molecule has 2 rings (SSSR count). The van der Waals surface area contributed by atoms with Gasteiger partial charge in [0.15, 0.2) is 0 Å². The highest BCUT2D eigenvalue weighted by Gasteiger charge is 2.35. The summed E-state index contributed by atoms with van der Waals surface area (Å²) in [5.41, 5.74) is -0.165. The third-order valence-electron chi connectivity index (χ3n) is 4.18. The summed E-state index contributed by atoms with van der Waals surface area (Å²) >= 11 is 0. The summed E-state index contributed by atoms with van der Waals surface area (Å²) in [5, 5.41) is 2.48. The Hall–Kier alpha value is -3.16. The number of alkyl carbamates (subject to hydrolysis) is 1. The molecular weight excluding hydrogens is 396 g/mol. The van der Waals surface area contributed by atoms with Crippen LogP contribution >= 0.6 is 0 Å². The first-order valence-electron chi connectivity index (χ1n) is 9.21. The molecule has 1 N–H and O–H groups in total. The van der Waals surface area contributed by atoms with Crippen molar-refractivity contribution in [1.29, 1.82) is 0 Å². The van der Waals surface area contributed by atoms with Gasteiger partial charge in [0.25, 0.3) is 0 Å². The zero-order valence-corrected chi connectivity index (χ0v) is 17.5. The van der Waals surface area contributed by atoms with E-state index in [2.05, 4.69) is 5.32 Å². The van der Waals surface area contributed by atoms with Crippen LogP contribution in [0.4, 0.5) is 13.6 Å². The first-order valence-corrected chi connectivity index (χ1v) is 9.21. The van der Waals surface area contributed by atoms with Crippen LogP contribution in [0.3, 0.4) is 0 Å². The van der Waals surface area contributed by atoms with Crippen molar-refractivity contribution in [2.45, 2.75) is 38.3 Å². The smallest absolute Gasteiger partial charge is 0.408 e. The molecule has 0 aliphatic carbocycles. The maximum Gasteiger partial charge on any atom is 0.408 e. The lowest BCUT2D eigenvalue weighted by molar-refractivity contribution is -0.143. The molecule has 0 aromatic heterocycles. The molecule has 2 aromatic carbocycles. The Morgan fingerprint density at radius 1 is 0.933 bits per heavy atom. The van der Waals surface area contributed by atoms with Gasteiger partial charge in [-0.05, 0) is 56.2 Å². The number of methoxy groups -OCH3 is 2. The summed E-state index contributed by atoms with van der Waals surface area (Å²) in [6, 6.07) is 8.18. The second-order valence-corrected chi connectivity index (χ2v) is 7.60. The topological polar surface area (TPSA) is 73.9 Å². The van der Waals surface area contributed by atoms with Crippen molar-refractivity contribution < 1.29 is 32.6 Å². The third-order valence-corrected chi connectivity index (χ3v) is 4.18. The first kappa shape index (κ1) is 23.1. The minimum atomic E-state index is -1.31. The lowest BCUT2D eigenvalue weighted by atomic mass is 9.84. The van der Waals surface area contributed by atoms with Crippen molar-refractivity contribution in [1.82, 2.24) is 5.32 Å². The van der Waals surface area contributed by atoms with Crippen LogP contribution < -0.4 is 10.1 Å². The molecule has 30 heavy (non-hydrogen) atoms. The summed E-state index contributed by atoms with van der Waals surface area (Å²) in [5.74, 6) is -2.83. The van der Waals surface area contributed by atoms with E-state index < -0.39 is 41.3 Å². The van der Waals surface area contributed by atoms with E-state index in [0.717, 1.165) is 25.3 Å². The Balaban J connectivity index is 2.56. The molecule has 0 aliphatic heterocycles. The quantitative estimate of drug-likeness (QED) is 0.709. The number of esters is 1. The number of nitrogens with one attached hydrogen (secondary N) is 1. The molecule has 8 heteroatoms. The van der Waals surface area contributed by atoms with Gasteiger partial charge in [0, 0.05) is 12.0 Å². The molecule has 2 aromatic rings. The summed E-state index contributed by atoms with van der Waals surface area (Å²) in [6.45, 7) is 5.01. The normalized spacial score (nSPS) is 13.2. The van der Waals surface area contributed by atoms with Gasteiger partial charge >= 0.3 is 12.1 Å². The molecule has 0 aliphatic rings. The lowest BCUT2D eigenvalue weighted by Gasteiger charge is -2.28. The molecule has 0 radical (unpaired) electrons. The zero-order valence-electron chi connectivity index (χ0n) is 17.5. The Labute approximate surface area is 174 Å². The van der Waals surface area contributed by atoms with E-state index in [-0.39, 0.29) is 5.56 Å². The molecule has 0 spiro atoms. The molecular formula is C22H25F2NO5. The molecule has 1 amide bonds. The van der Waals surface area contributed by atoms with Crippen LogP contribution in [0.15, 0.2) is 42.5 Å². The van der Waals surface area contributed by atoms with Crippen LogP contribution in [0.25, 0.3) is 0 Å². The van der Waals surface area contributed by atoms with Crippen molar-refractivity contribution in [2.24, 2.45) is 0 Å². The number of hydrogen-bond acceptors (Lipinski definition) is 5. The highest BCUT2D eigenvalue weighted by Crippen LogP contribution is 2.31. The van der Waals surface area contributed by atoms with E-state index in [9.17, 15) is 18.4 Å². The molecule has 0 saturated heterocycles. The van der Waals surface area contributed by atoms with Gasteiger partial charge in [0.1, 0.15) is 29.0 Å². The van der Waals surface area contributed by atoms with Crippen molar-refractivity contribution >= 4 is 12.1 Å². The lowest BCUT2D eigenvalue weighted by Crippen LogP contribution is -2.47. The molecule has 0 saturated carbocycles. The predicted molar refractivity (Wildman–Crippen MR) is 106 cm³/mol. The van der Waals surface area contributed by atoms with Gasteiger partial charge in [-0.1, -0.05) is 12.1 Å². The minimum Gasteiger partial charge on any atom is -0.497 e. The minimum absolute atomic E-state index is 0.143. The number of rotatable bonds is 6. The summed E-state index contributed by atoms with van der Waals surface area (Å²) in [4.78, 5) is 25.0. The number of ether oxygens (including phenoxy) is 3. The Bertz CT molecular complexity index is 873. The highest BCUT2D eigenvalue weighted by molar-refractivity contribution is 5.83. The van der Waals surface area contributed by atoms with Crippen molar-refractivity contribution in [3.8, 4) is 5.75 Å². The van der Waals surface area contributed by atoms with Crippen molar-refractivity contribution in [3.05, 3.63) is 65.2 Å². The van der Waals surface area contributed by atoms with E-state index in [4.69, 9.17) is 14.2 Å². The van der Waals surface area contributed by atoms with Gasteiger partial charge < -0.3 is 19.5 Å². The van der Waals surface area contributed by atoms with Gasteiger partial charge in [0.2, 0.25) is 0 Å². The molecule has 2 atom stereocenters. The monoisotopic (exact) mass is 421 g/mol. The molecule has 0 heterocycles. The Morgan fingerprint density at radius 3 is 1.97 bits per heavy atom. The fraction of sp³-hybridized carbons (Fsp3) is 0.364. The van der Waals surface area contributed by atoms with E-state index in [1.165, 1.54) is 7.11 Å². The first-order chi connectivity index (χ1) is 14.0. The van der Waals surface area contributed by atoms with E-state index in [1.807, 2.05) is 0 Å². The van der Waals surface area contributed by atoms with Gasteiger partial charge in [0.05, 0.1) is 14.2 Å². The second kappa shape index (κ2) is 9.56. The van der Waals surface area contributed by atoms with Gasteiger partial charge in [-0.15, -0.1) is 0 Å². The van der Waals surface area contributed by atoms with Crippen LogP contribution in [0.1, 0.15) is 37.8 Å². The number of amides is 1. The fourth-order valence-corrected chi connectivity index (χ4v) is 2.98. The maximum absolute atomic E-state index is 14.0. The van der Waals surface area contributed by atoms with E-state index in [0.29, 0.717) is 11.3 Å². The molecule has 0 fully saturated rings. The van der Waals surface area contributed by atoms with Crippen LogP contribution in [-0.4, -0.2) is 37.9 Å². The van der Waals surface area contributed by atoms with Crippen LogP contribution in [-0.2, 0) is 14.3 Å². The third kappa shape index (κ3) is 6.17. The highest BCUT2D eigenvalue weighted by atomic mass is 19.1. The molecule has 162 valence electrons. The standard InChI is InChI=1S/C22H25F2NO5/c1-22(2,3)30-21(27)25-19(20(26)29-5)18(13-6-8-17(28-4)9-7-13)14-10-15(23)12-16(24)11-14/h6-12,18-19H,1-5H3,(H,25,27)/t18-,19+/m0/s1.